The first kappa shape index (κ1) is 16.6. The highest BCUT2D eigenvalue weighted by Gasteiger charge is 2.33. The standard InChI is InChI=1S/C19H22N4O4/c24-17(20-19-22-21-18(27-19)12-7-8-12)14-5-1-2-9-23(14)10-13-4-3-6-15-16(13)26-11-25-15/h3-4,6,12,14H,1-2,5,7-11H2,(H,20,22,24)/t14-/m1/s1. The molecule has 1 aromatic carbocycles. The zero-order chi connectivity index (χ0) is 18.2. The third-order valence-electron chi connectivity index (χ3n) is 5.37. The molecule has 1 aliphatic carbocycles. The van der Waals surface area contributed by atoms with Crippen LogP contribution in [0, 0.1) is 0 Å². The van der Waals surface area contributed by atoms with Crippen molar-refractivity contribution in [1.82, 2.24) is 15.1 Å². The molecule has 1 aromatic heterocycles. The number of carbonyl (C=O) groups excluding carboxylic acids is 1. The number of anilines is 1. The van der Waals surface area contributed by atoms with Gasteiger partial charge in [0.05, 0.1) is 6.04 Å². The van der Waals surface area contributed by atoms with Crippen molar-refractivity contribution >= 4 is 11.9 Å². The number of nitrogens with one attached hydrogen (secondary N) is 1. The number of ether oxygens (including phenoxy) is 2. The summed E-state index contributed by atoms with van der Waals surface area (Å²) >= 11 is 0. The van der Waals surface area contributed by atoms with E-state index in [0.717, 1.165) is 55.7 Å². The molecular weight excluding hydrogens is 348 g/mol. The highest BCUT2D eigenvalue weighted by Crippen LogP contribution is 2.39. The van der Waals surface area contributed by atoms with E-state index in [1.165, 1.54) is 0 Å². The molecule has 0 radical (unpaired) electrons. The first-order chi connectivity index (χ1) is 13.3. The summed E-state index contributed by atoms with van der Waals surface area (Å²) in [6.45, 7) is 1.75. The minimum Gasteiger partial charge on any atom is -0.454 e. The van der Waals surface area contributed by atoms with Crippen molar-refractivity contribution in [1.29, 1.82) is 0 Å². The van der Waals surface area contributed by atoms with Gasteiger partial charge in [-0.15, -0.1) is 5.10 Å². The molecule has 142 valence electrons. The lowest BCUT2D eigenvalue weighted by Gasteiger charge is -2.34. The van der Waals surface area contributed by atoms with Gasteiger partial charge >= 0.3 is 6.01 Å². The molecule has 8 nitrogen and oxygen atoms in total. The van der Waals surface area contributed by atoms with Crippen molar-refractivity contribution in [3.63, 3.8) is 0 Å². The van der Waals surface area contributed by atoms with Gasteiger partial charge < -0.3 is 13.9 Å². The normalized spacial score (nSPS) is 22.0. The van der Waals surface area contributed by atoms with Gasteiger partial charge in [0.2, 0.25) is 18.6 Å². The first-order valence-electron chi connectivity index (χ1n) is 9.54. The number of piperidine rings is 1. The van der Waals surface area contributed by atoms with Gasteiger partial charge in [0.1, 0.15) is 0 Å². The smallest absolute Gasteiger partial charge is 0.322 e. The Bertz CT molecular complexity index is 848. The maximum absolute atomic E-state index is 12.9. The van der Waals surface area contributed by atoms with Gasteiger partial charge in [0, 0.05) is 18.0 Å². The predicted molar refractivity (Wildman–Crippen MR) is 95.5 cm³/mol. The Morgan fingerprint density at radius 3 is 3.00 bits per heavy atom. The second kappa shape index (κ2) is 6.84. The maximum atomic E-state index is 12.9. The molecule has 1 N–H and O–H groups in total. The van der Waals surface area contributed by atoms with E-state index in [2.05, 4.69) is 20.4 Å². The SMILES string of the molecule is O=C(Nc1nnc(C2CC2)o1)[C@H]1CCCCN1Cc1cccc2c1OCO2. The summed E-state index contributed by atoms with van der Waals surface area (Å²) in [4.78, 5) is 15.0. The molecular formula is C19H22N4O4. The predicted octanol–water partition coefficient (Wildman–Crippen LogP) is 2.67. The Hall–Kier alpha value is -2.61. The summed E-state index contributed by atoms with van der Waals surface area (Å²) in [6.07, 6.45) is 5.07. The van der Waals surface area contributed by atoms with E-state index in [9.17, 15) is 4.79 Å². The van der Waals surface area contributed by atoms with E-state index < -0.39 is 0 Å². The molecule has 1 saturated carbocycles. The zero-order valence-corrected chi connectivity index (χ0v) is 15.0. The molecule has 0 spiro atoms. The molecule has 1 atom stereocenters. The number of amides is 1. The number of nitrogens with zero attached hydrogens (tertiary/aromatic N) is 3. The number of hydrogen-bond donors (Lipinski definition) is 1. The van der Waals surface area contributed by atoms with Crippen molar-refractivity contribution in [2.45, 2.75) is 50.6 Å². The molecule has 3 heterocycles. The third kappa shape index (κ3) is 3.37. The van der Waals surface area contributed by atoms with Gasteiger partial charge in [-0.25, -0.2) is 0 Å². The number of carbonyl (C=O) groups is 1. The van der Waals surface area contributed by atoms with Gasteiger partial charge in [0.15, 0.2) is 11.5 Å². The van der Waals surface area contributed by atoms with Crippen LogP contribution in [0.4, 0.5) is 6.01 Å². The average molecular weight is 370 g/mol. The number of rotatable bonds is 5. The zero-order valence-electron chi connectivity index (χ0n) is 15.0. The van der Waals surface area contributed by atoms with E-state index in [1.54, 1.807) is 0 Å². The van der Waals surface area contributed by atoms with E-state index in [1.807, 2.05) is 18.2 Å². The van der Waals surface area contributed by atoms with Gasteiger partial charge in [0.25, 0.3) is 0 Å². The summed E-state index contributed by atoms with van der Waals surface area (Å²) in [7, 11) is 0. The van der Waals surface area contributed by atoms with Crippen LogP contribution in [0.5, 0.6) is 11.5 Å². The number of likely N-dealkylation sites (tertiary alicyclic amines) is 1. The van der Waals surface area contributed by atoms with Crippen LogP contribution in [0.25, 0.3) is 0 Å². The van der Waals surface area contributed by atoms with E-state index >= 15 is 0 Å². The van der Waals surface area contributed by atoms with Crippen molar-refractivity contribution in [2.75, 3.05) is 18.7 Å². The van der Waals surface area contributed by atoms with Gasteiger partial charge in [-0.3, -0.25) is 15.0 Å². The Morgan fingerprint density at radius 2 is 2.11 bits per heavy atom. The van der Waals surface area contributed by atoms with Crippen LogP contribution in [-0.2, 0) is 11.3 Å². The molecule has 8 heteroatoms. The summed E-state index contributed by atoms with van der Waals surface area (Å²) in [5, 5.41) is 10.8. The summed E-state index contributed by atoms with van der Waals surface area (Å²) in [5.74, 6) is 2.46. The van der Waals surface area contributed by atoms with Crippen molar-refractivity contribution in [3.8, 4) is 11.5 Å². The molecule has 0 bridgehead atoms. The molecule has 1 saturated heterocycles. The molecule has 2 aromatic rings. The highest BCUT2D eigenvalue weighted by atomic mass is 16.7. The summed E-state index contributed by atoms with van der Waals surface area (Å²) < 4.78 is 16.6. The topological polar surface area (TPSA) is 89.7 Å². The van der Waals surface area contributed by atoms with Crippen molar-refractivity contribution in [2.24, 2.45) is 0 Å². The Morgan fingerprint density at radius 1 is 1.19 bits per heavy atom. The van der Waals surface area contributed by atoms with Crippen LogP contribution < -0.4 is 14.8 Å². The first-order valence-corrected chi connectivity index (χ1v) is 9.54. The fourth-order valence-corrected chi connectivity index (χ4v) is 3.78. The second-order valence-corrected chi connectivity index (χ2v) is 7.34. The largest absolute Gasteiger partial charge is 0.454 e. The van der Waals surface area contributed by atoms with Crippen LogP contribution in [-0.4, -0.2) is 40.4 Å². The summed E-state index contributed by atoms with van der Waals surface area (Å²) in [5.41, 5.74) is 1.04. The molecule has 3 aliphatic rings. The van der Waals surface area contributed by atoms with Crippen molar-refractivity contribution < 1.29 is 18.7 Å². The minimum absolute atomic E-state index is 0.0922. The van der Waals surface area contributed by atoms with Gasteiger partial charge in [-0.2, -0.15) is 0 Å². The third-order valence-corrected chi connectivity index (χ3v) is 5.37. The summed E-state index contributed by atoms with van der Waals surface area (Å²) in [6, 6.07) is 5.86. The maximum Gasteiger partial charge on any atom is 0.322 e. The number of hydrogen-bond acceptors (Lipinski definition) is 7. The van der Waals surface area contributed by atoms with E-state index in [0.29, 0.717) is 18.4 Å². The molecule has 1 amide bonds. The lowest BCUT2D eigenvalue weighted by molar-refractivity contribution is -0.122. The van der Waals surface area contributed by atoms with E-state index in [-0.39, 0.29) is 24.8 Å². The number of benzene rings is 1. The molecule has 5 rings (SSSR count). The van der Waals surface area contributed by atoms with Gasteiger partial charge in [-0.05, 0) is 38.3 Å². The molecule has 27 heavy (non-hydrogen) atoms. The minimum atomic E-state index is -0.229. The lowest BCUT2D eigenvalue weighted by Crippen LogP contribution is -2.46. The molecule has 2 fully saturated rings. The lowest BCUT2D eigenvalue weighted by atomic mass is 10.00. The number of aromatic nitrogens is 2. The number of fused-ring (bicyclic) bond motifs is 1. The van der Waals surface area contributed by atoms with Crippen LogP contribution >= 0.6 is 0 Å². The van der Waals surface area contributed by atoms with Crippen LogP contribution in [0.1, 0.15) is 49.5 Å². The second-order valence-electron chi connectivity index (χ2n) is 7.34. The van der Waals surface area contributed by atoms with Crippen LogP contribution in [0.3, 0.4) is 0 Å². The average Bonchev–Trinajstić information content (AvgIpc) is 3.23. The highest BCUT2D eigenvalue weighted by molar-refractivity contribution is 5.93. The monoisotopic (exact) mass is 370 g/mol. The Labute approximate surface area is 156 Å². The molecule has 2 aliphatic heterocycles. The van der Waals surface area contributed by atoms with Crippen molar-refractivity contribution in [3.05, 3.63) is 29.7 Å². The molecule has 0 unspecified atom stereocenters. The number of para-hydroxylation sites is 1. The fraction of sp³-hybridized carbons (Fsp3) is 0.526. The Balaban J connectivity index is 1.29. The quantitative estimate of drug-likeness (QED) is 0.865. The van der Waals surface area contributed by atoms with Crippen LogP contribution in [0.2, 0.25) is 0 Å². The van der Waals surface area contributed by atoms with E-state index in [4.69, 9.17) is 13.9 Å². The van der Waals surface area contributed by atoms with Gasteiger partial charge in [-0.1, -0.05) is 23.7 Å². The fourth-order valence-electron chi connectivity index (χ4n) is 3.78. The Kier molecular flexibility index (Phi) is 4.20. The van der Waals surface area contributed by atoms with Crippen LogP contribution in [0.15, 0.2) is 22.6 Å².